The predicted molar refractivity (Wildman–Crippen MR) is 73.4 cm³/mol. The van der Waals surface area contributed by atoms with Crippen LogP contribution in [0.1, 0.15) is 42.3 Å². The second-order valence-corrected chi connectivity index (χ2v) is 6.21. The van der Waals surface area contributed by atoms with Gasteiger partial charge in [-0.1, -0.05) is 42.9 Å². The molecular weight excluding hydrogens is 272 g/mol. The van der Waals surface area contributed by atoms with E-state index in [2.05, 4.69) is 16.6 Å². The van der Waals surface area contributed by atoms with Crippen LogP contribution in [0.5, 0.6) is 0 Å². The van der Waals surface area contributed by atoms with E-state index in [0.717, 1.165) is 17.5 Å². The molecule has 2 N–H and O–H groups in total. The number of hydrogen-bond donors (Lipinski definition) is 2. The molecule has 0 aliphatic heterocycles. The SMILES string of the molecule is CC1CCC(CNC(=O)c2s[nH]c(=O)c2Cl)CC1. The average Bonchev–Trinajstić information content (AvgIpc) is 2.69. The van der Waals surface area contributed by atoms with E-state index in [-0.39, 0.29) is 15.8 Å². The summed E-state index contributed by atoms with van der Waals surface area (Å²) >= 11 is 6.74. The Labute approximate surface area is 115 Å². The van der Waals surface area contributed by atoms with Gasteiger partial charge in [0.15, 0.2) is 0 Å². The first-order chi connectivity index (χ1) is 8.58. The first-order valence-electron chi connectivity index (χ1n) is 6.23. The minimum atomic E-state index is -0.390. The van der Waals surface area contributed by atoms with Gasteiger partial charge in [0.25, 0.3) is 11.5 Å². The summed E-state index contributed by atoms with van der Waals surface area (Å²) < 4.78 is 2.45. The largest absolute Gasteiger partial charge is 0.351 e. The van der Waals surface area contributed by atoms with E-state index in [1.807, 2.05) is 0 Å². The van der Waals surface area contributed by atoms with Gasteiger partial charge in [0, 0.05) is 6.54 Å². The highest BCUT2D eigenvalue weighted by atomic mass is 35.5. The number of halogens is 1. The molecule has 1 heterocycles. The maximum atomic E-state index is 11.8. The van der Waals surface area contributed by atoms with Crippen molar-refractivity contribution in [2.45, 2.75) is 32.6 Å². The van der Waals surface area contributed by atoms with Gasteiger partial charge >= 0.3 is 0 Å². The molecule has 1 fully saturated rings. The number of carbonyl (C=O) groups is 1. The second kappa shape index (κ2) is 5.89. The minimum absolute atomic E-state index is 0.00485. The summed E-state index contributed by atoms with van der Waals surface area (Å²) in [4.78, 5) is 23.3. The molecule has 2 rings (SSSR count). The van der Waals surface area contributed by atoms with Crippen molar-refractivity contribution in [3.05, 3.63) is 20.3 Å². The molecule has 0 bridgehead atoms. The van der Waals surface area contributed by atoms with Crippen LogP contribution in [-0.4, -0.2) is 16.8 Å². The number of hydrogen-bond acceptors (Lipinski definition) is 3. The van der Waals surface area contributed by atoms with Gasteiger partial charge in [-0.3, -0.25) is 14.0 Å². The fourth-order valence-electron chi connectivity index (χ4n) is 2.29. The van der Waals surface area contributed by atoms with Crippen molar-refractivity contribution < 1.29 is 4.79 Å². The van der Waals surface area contributed by atoms with Gasteiger partial charge in [-0.2, -0.15) is 0 Å². The molecule has 6 heteroatoms. The molecule has 1 aliphatic carbocycles. The van der Waals surface area contributed by atoms with E-state index in [1.165, 1.54) is 25.7 Å². The van der Waals surface area contributed by atoms with Crippen LogP contribution in [0, 0.1) is 11.8 Å². The topological polar surface area (TPSA) is 62.0 Å². The number of rotatable bonds is 3. The van der Waals surface area contributed by atoms with E-state index in [9.17, 15) is 9.59 Å². The monoisotopic (exact) mass is 288 g/mol. The Bertz CT molecular complexity index is 475. The van der Waals surface area contributed by atoms with Crippen LogP contribution >= 0.6 is 23.1 Å². The molecule has 1 aromatic rings. The van der Waals surface area contributed by atoms with Crippen LogP contribution in [0.4, 0.5) is 0 Å². The summed E-state index contributed by atoms with van der Waals surface area (Å²) in [6.45, 7) is 2.94. The maximum absolute atomic E-state index is 11.8. The zero-order valence-electron chi connectivity index (χ0n) is 10.3. The normalized spacial score (nSPS) is 23.9. The zero-order chi connectivity index (χ0) is 13.1. The molecule has 1 amide bonds. The summed E-state index contributed by atoms with van der Waals surface area (Å²) in [6.07, 6.45) is 4.80. The van der Waals surface area contributed by atoms with E-state index in [0.29, 0.717) is 12.5 Å². The Kier molecular flexibility index (Phi) is 4.45. The molecule has 0 saturated heterocycles. The lowest BCUT2D eigenvalue weighted by Crippen LogP contribution is -2.30. The third kappa shape index (κ3) is 3.14. The highest BCUT2D eigenvalue weighted by Crippen LogP contribution is 2.27. The van der Waals surface area contributed by atoms with Crippen molar-refractivity contribution >= 4 is 29.0 Å². The molecule has 1 aromatic heterocycles. The Morgan fingerprint density at radius 2 is 2.11 bits per heavy atom. The van der Waals surface area contributed by atoms with Crippen LogP contribution in [0.3, 0.4) is 0 Å². The van der Waals surface area contributed by atoms with Crippen LogP contribution in [-0.2, 0) is 0 Å². The average molecular weight is 289 g/mol. The summed E-state index contributed by atoms with van der Waals surface area (Å²) in [6, 6.07) is 0. The van der Waals surface area contributed by atoms with Crippen molar-refractivity contribution in [1.29, 1.82) is 0 Å². The maximum Gasteiger partial charge on any atom is 0.277 e. The van der Waals surface area contributed by atoms with Crippen molar-refractivity contribution in [2.75, 3.05) is 6.54 Å². The van der Waals surface area contributed by atoms with Crippen LogP contribution in [0.25, 0.3) is 0 Å². The summed E-state index contributed by atoms with van der Waals surface area (Å²) in [7, 11) is 0. The molecule has 0 radical (unpaired) electrons. The molecule has 4 nitrogen and oxygen atoms in total. The lowest BCUT2D eigenvalue weighted by molar-refractivity contribution is 0.0946. The molecule has 0 aromatic carbocycles. The highest BCUT2D eigenvalue weighted by Gasteiger charge is 2.20. The summed E-state index contributed by atoms with van der Waals surface area (Å²) in [5.74, 6) is 1.11. The van der Waals surface area contributed by atoms with Gasteiger partial charge in [-0.05, 0) is 24.7 Å². The van der Waals surface area contributed by atoms with Crippen LogP contribution < -0.4 is 10.9 Å². The lowest BCUT2D eigenvalue weighted by Gasteiger charge is -2.26. The number of aromatic nitrogens is 1. The van der Waals surface area contributed by atoms with Gasteiger partial charge in [0.1, 0.15) is 9.90 Å². The lowest BCUT2D eigenvalue weighted by atomic mass is 9.83. The Balaban J connectivity index is 1.85. The quantitative estimate of drug-likeness (QED) is 0.898. The molecule has 1 saturated carbocycles. The smallest absolute Gasteiger partial charge is 0.277 e. The van der Waals surface area contributed by atoms with Gasteiger partial charge in [0.2, 0.25) is 0 Å². The van der Waals surface area contributed by atoms with Gasteiger partial charge in [-0.25, -0.2) is 0 Å². The van der Waals surface area contributed by atoms with E-state index < -0.39 is 5.56 Å². The van der Waals surface area contributed by atoms with Crippen molar-refractivity contribution in [3.8, 4) is 0 Å². The van der Waals surface area contributed by atoms with Gasteiger partial charge in [-0.15, -0.1) is 0 Å². The molecule has 0 spiro atoms. The first kappa shape index (κ1) is 13.6. The molecular formula is C12H17ClN2O2S. The molecule has 100 valence electrons. The number of nitrogens with one attached hydrogen (secondary N) is 2. The van der Waals surface area contributed by atoms with Crippen molar-refractivity contribution in [2.24, 2.45) is 11.8 Å². The molecule has 0 atom stereocenters. The highest BCUT2D eigenvalue weighted by molar-refractivity contribution is 7.08. The third-order valence-electron chi connectivity index (χ3n) is 3.54. The van der Waals surface area contributed by atoms with Crippen LogP contribution in [0.15, 0.2) is 4.79 Å². The predicted octanol–water partition coefficient (Wildman–Crippen LogP) is 2.65. The number of H-pyrrole nitrogens is 1. The third-order valence-corrected chi connectivity index (χ3v) is 4.89. The van der Waals surface area contributed by atoms with Gasteiger partial charge in [0.05, 0.1) is 0 Å². The fraction of sp³-hybridized carbons (Fsp3) is 0.667. The van der Waals surface area contributed by atoms with E-state index in [4.69, 9.17) is 11.6 Å². The first-order valence-corrected chi connectivity index (χ1v) is 7.42. The molecule has 0 unspecified atom stereocenters. The minimum Gasteiger partial charge on any atom is -0.351 e. The van der Waals surface area contributed by atoms with Crippen molar-refractivity contribution in [3.63, 3.8) is 0 Å². The second-order valence-electron chi connectivity index (χ2n) is 5.01. The Hall–Kier alpha value is -0.810. The number of carbonyl (C=O) groups excluding carboxylic acids is 1. The Morgan fingerprint density at radius 1 is 1.44 bits per heavy atom. The van der Waals surface area contributed by atoms with Crippen LogP contribution in [0.2, 0.25) is 5.02 Å². The summed E-state index contributed by atoms with van der Waals surface area (Å²) in [5.41, 5.74) is -0.390. The molecule has 1 aliphatic rings. The zero-order valence-corrected chi connectivity index (χ0v) is 11.9. The van der Waals surface area contributed by atoms with E-state index >= 15 is 0 Å². The summed E-state index contributed by atoms with van der Waals surface area (Å²) in [5, 5.41) is 2.86. The van der Waals surface area contributed by atoms with E-state index in [1.54, 1.807) is 0 Å². The van der Waals surface area contributed by atoms with Gasteiger partial charge < -0.3 is 5.32 Å². The molecule has 18 heavy (non-hydrogen) atoms. The van der Waals surface area contributed by atoms with Crippen molar-refractivity contribution in [1.82, 2.24) is 9.69 Å². The Morgan fingerprint density at radius 3 is 2.67 bits per heavy atom. The number of aromatic amines is 1. The standard InChI is InChI=1S/C12H17ClN2O2S/c1-7-2-4-8(5-3-7)6-14-12(17)10-9(13)11(16)15-18-10/h7-8H,2-6H2,1H3,(H,14,17)(H,15,16). The number of amides is 1. The fourth-order valence-corrected chi connectivity index (χ4v) is 3.24.